The van der Waals surface area contributed by atoms with Crippen LogP contribution in [-0.4, -0.2) is 84.7 Å². The van der Waals surface area contributed by atoms with Gasteiger partial charge < -0.3 is 15.4 Å². The number of nitrogens with zero attached hydrogens (tertiary/aromatic N) is 2. The minimum Gasteiger partial charge on any atom is -0.368 e. The van der Waals surface area contributed by atoms with Gasteiger partial charge in [0, 0.05) is 24.3 Å². The van der Waals surface area contributed by atoms with E-state index in [0.717, 1.165) is 37.5 Å². The van der Waals surface area contributed by atoms with Gasteiger partial charge in [-0.1, -0.05) is 25.1 Å². The van der Waals surface area contributed by atoms with Gasteiger partial charge in [0.05, 0.1) is 18.2 Å². The van der Waals surface area contributed by atoms with Gasteiger partial charge in [-0.2, -0.15) is 13.2 Å². The fraction of sp³-hybridized carbons (Fsp3) is 0.952. The Kier molecular flexibility index (Phi) is 7.71. The van der Waals surface area contributed by atoms with E-state index in [1.807, 2.05) is 6.92 Å². The summed E-state index contributed by atoms with van der Waals surface area (Å²) >= 11 is 1.59. The maximum atomic E-state index is 14.9. The molecule has 2 saturated heterocycles. The van der Waals surface area contributed by atoms with Crippen molar-refractivity contribution in [2.45, 2.75) is 88.1 Å². The van der Waals surface area contributed by atoms with Crippen molar-refractivity contribution in [1.82, 2.24) is 15.5 Å². The monoisotopic (exact) mass is 466 g/mol. The third-order valence-electron chi connectivity index (χ3n) is 7.21. The first-order valence-electron chi connectivity index (χ1n) is 11.6. The van der Waals surface area contributed by atoms with Crippen LogP contribution in [0, 0.1) is 5.92 Å². The fourth-order valence-corrected chi connectivity index (χ4v) is 6.61. The van der Waals surface area contributed by atoms with Gasteiger partial charge in [0.25, 0.3) is 0 Å². The minimum atomic E-state index is -4.30. The van der Waals surface area contributed by atoms with Gasteiger partial charge in [-0.25, -0.2) is 4.39 Å². The second kappa shape index (κ2) is 10.1. The Bertz CT molecular complexity index is 631. The number of amidine groups is 1. The molecule has 31 heavy (non-hydrogen) atoms. The number of ether oxygens (including phenoxy) is 1. The summed E-state index contributed by atoms with van der Waals surface area (Å²) in [5.41, 5.74) is 0. The molecule has 2 N–H and O–H groups in total. The summed E-state index contributed by atoms with van der Waals surface area (Å²) in [5.74, 6) is 0.680. The van der Waals surface area contributed by atoms with Gasteiger partial charge in [0.2, 0.25) is 0 Å². The second-order valence-electron chi connectivity index (χ2n) is 9.39. The third kappa shape index (κ3) is 6.06. The Morgan fingerprint density at radius 2 is 1.97 bits per heavy atom. The molecule has 4 aliphatic rings. The number of nitrogens with one attached hydrogen (secondary N) is 2. The fourth-order valence-electron chi connectivity index (χ4n) is 5.40. The normalized spacial score (nSPS) is 39.6. The Morgan fingerprint density at radius 1 is 1.19 bits per heavy atom. The van der Waals surface area contributed by atoms with Crippen LogP contribution in [0.5, 0.6) is 0 Å². The summed E-state index contributed by atoms with van der Waals surface area (Å²) < 4.78 is 57.6. The molecule has 0 bridgehead atoms. The maximum Gasteiger partial charge on any atom is 0.411 e. The molecule has 0 spiro atoms. The zero-order valence-corrected chi connectivity index (χ0v) is 18.9. The van der Waals surface area contributed by atoms with E-state index in [2.05, 4.69) is 15.5 Å². The Balaban J connectivity index is 1.26. The van der Waals surface area contributed by atoms with Crippen LogP contribution in [0.3, 0.4) is 0 Å². The Labute approximate surface area is 186 Å². The number of alkyl halides is 4. The third-order valence-corrected chi connectivity index (χ3v) is 8.24. The van der Waals surface area contributed by atoms with Crippen molar-refractivity contribution in [2.75, 3.05) is 32.0 Å². The molecule has 10 heteroatoms. The number of hydrogen-bond acceptors (Lipinski definition) is 6. The molecule has 1 saturated carbocycles. The van der Waals surface area contributed by atoms with E-state index in [0.29, 0.717) is 25.1 Å². The van der Waals surface area contributed by atoms with Crippen molar-refractivity contribution >= 4 is 16.9 Å². The van der Waals surface area contributed by atoms with Crippen molar-refractivity contribution in [1.29, 1.82) is 0 Å². The average molecular weight is 467 g/mol. The number of halogens is 4. The smallest absolute Gasteiger partial charge is 0.368 e. The van der Waals surface area contributed by atoms with Gasteiger partial charge in [-0.3, -0.25) is 9.89 Å². The highest BCUT2D eigenvalue weighted by atomic mass is 32.2. The molecule has 3 fully saturated rings. The number of thioether (sulfide) groups is 1. The molecule has 0 amide bonds. The van der Waals surface area contributed by atoms with E-state index >= 15 is 0 Å². The van der Waals surface area contributed by atoms with Crippen LogP contribution in [0.15, 0.2) is 4.99 Å². The van der Waals surface area contributed by atoms with Gasteiger partial charge in [0.15, 0.2) is 5.17 Å². The van der Waals surface area contributed by atoms with Crippen molar-refractivity contribution < 1.29 is 22.3 Å². The van der Waals surface area contributed by atoms with Crippen LogP contribution in [-0.2, 0) is 4.74 Å². The van der Waals surface area contributed by atoms with Crippen molar-refractivity contribution in [2.24, 2.45) is 10.9 Å². The SMILES string of the molecule is CC1C(CSC2=NC3CC(F)C(N4CCCCC4)CC3N2)NCCC1OCC(F)(F)F. The van der Waals surface area contributed by atoms with Crippen molar-refractivity contribution in [3.63, 3.8) is 0 Å². The summed E-state index contributed by atoms with van der Waals surface area (Å²) in [4.78, 5) is 7.06. The molecule has 3 aliphatic heterocycles. The lowest BCUT2D eigenvalue weighted by atomic mass is 9.84. The summed E-state index contributed by atoms with van der Waals surface area (Å²) in [7, 11) is 0. The predicted molar refractivity (Wildman–Crippen MR) is 115 cm³/mol. The van der Waals surface area contributed by atoms with Gasteiger partial charge in [-0.05, 0) is 51.2 Å². The standard InChI is InChI=1S/C21H34F4N4OS/c1-13-17(26-6-5-19(13)30-12-21(23,24)25)11-31-20-27-15-9-14(22)18(10-16(15)28-20)29-7-3-2-4-8-29/h13-19,26H,2-12H2,1H3,(H,27,28). The number of hydrogen-bond donors (Lipinski definition) is 2. The number of fused-ring (bicyclic) bond motifs is 1. The second-order valence-corrected chi connectivity index (χ2v) is 10.4. The molecule has 0 radical (unpaired) electrons. The molecule has 3 heterocycles. The average Bonchev–Trinajstić information content (AvgIpc) is 3.13. The highest BCUT2D eigenvalue weighted by Crippen LogP contribution is 2.34. The van der Waals surface area contributed by atoms with Gasteiger partial charge in [0.1, 0.15) is 12.8 Å². The van der Waals surface area contributed by atoms with E-state index in [-0.39, 0.29) is 30.1 Å². The summed E-state index contributed by atoms with van der Waals surface area (Å²) in [6.07, 6.45) is -0.145. The topological polar surface area (TPSA) is 48.9 Å². The first-order valence-corrected chi connectivity index (χ1v) is 12.6. The lowest BCUT2D eigenvalue weighted by Gasteiger charge is -2.42. The van der Waals surface area contributed by atoms with Crippen LogP contribution in [0.25, 0.3) is 0 Å². The van der Waals surface area contributed by atoms with Gasteiger partial charge in [-0.15, -0.1) is 0 Å². The Morgan fingerprint density at radius 3 is 2.71 bits per heavy atom. The largest absolute Gasteiger partial charge is 0.411 e. The number of rotatable bonds is 5. The van der Waals surface area contributed by atoms with E-state index in [4.69, 9.17) is 9.73 Å². The Hall–Kier alpha value is -0.580. The van der Waals surface area contributed by atoms with E-state index in [9.17, 15) is 17.6 Å². The van der Waals surface area contributed by atoms with Crippen LogP contribution in [0.2, 0.25) is 0 Å². The van der Waals surface area contributed by atoms with E-state index in [1.54, 1.807) is 11.8 Å². The van der Waals surface area contributed by atoms with Crippen LogP contribution >= 0.6 is 11.8 Å². The molecular weight excluding hydrogens is 432 g/mol. The predicted octanol–water partition coefficient (Wildman–Crippen LogP) is 3.35. The molecule has 7 unspecified atom stereocenters. The first-order chi connectivity index (χ1) is 14.8. The lowest BCUT2D eigenvalue weighted by Crippen LogP contribution is -2.54. The molecule has 7 atom stereocenters. The van der Waals surface area contributed by atoms with Crippen LogP contribution in [0.1, 0.15) is 45.4 Å². The first kappa shape index (κ1) is 23.6. The van der Waals surface area contributed by atoms with E-state index < -0.39 is 25.1 Å². The molecular formula is C21H34F4N4OS. The quantitative estimate of drug-likeness (QED) is 0.609. The summed E-state index contributed by atoms with van der Waals surface area (Å²) in [5, 5.41) is 7.75. The highest BCUT2D eigenvalue weighted by Gasteiger charge is 2.43. The number of likely N-dealkylation sites (tertiary alicyclic amines) is 1. The molecule has 4 rings (SSSR count). The summed E-state index contributed by atoms with van der Waals surface area (Å²) in [6.45, 7) is 3.38. The van der Waals surface area contributed by atoms with Crippen molar-refractivity contribution in [3.8, 4) is 0 Å². The molecule has 178 valence electrons. The molecule has 0 aromatic heterocycles. The highest BCUT2D eigenvalue weighted by molar-refractivity contribution is 8.13. The molecule has 1 aliphatic carbocycles. The number of aliphatic imine (C=N–C) groups is 1. The van der Waals surface area contributed by atoms with Crippen molar-refractivity contribution in [3.05, 3.63) is 0 Å². The molecule has 5 nitrogen and oxygen atoms in total. The molecule has 0 aromatic carbocycles. The van der Waals surface area contributed by atoms with Gasteiger partial charge >= 0.3 is 6.18 Å². The van der Waals surface area contributed by atoms with Crippen LogP contribution in [0.4, 0.5) is 17.6 Å². The lowest BCUT2D eigenvalue weighted by molar-refractivity contribution is -0.193. The zero-order valence-electron chi connectivity index (χ0n) is 18.0. The molecule has 0 aromatic rings. The zero-order chi connectivity index (χ0) is 22.0. The number of piperidine rings is 2. The van der Waals surface area contributed by atoms with E-state index in [1.165, 1.54) is 6.42 Å². The maximum absolute atomic E-state index is 14.9. The minimum absolute atomic E-state index is 0.0137. The summed E-state index contributed by atoms with van der Waals surface area (Å²) in [6, 6.07) is 0.207. The van der Waals surface area contributed by atoms with Crippen LogP contribution < -0.4 is 10.6 Å².